The second-order valence-electron chi connectivity index (χ2n) is 4.39. The lowest BCUT2D eigenvalue weighted by atomic mass is 10.1. The van der Waals surface area contributed by atoms with E-state index in [0.717, 1.165) is 10.9 Å². The number of carbonyl (C=O) groups excluding carboxylic acids is 1. The predicted octanol–water partition coefficient (Wildman–Crippen LogP) is 1.66. The molecule has 0 fully saturated rings. The fraction of sp³-hybridized carbons (Fsp3) is 0.308. The van der Waals surface area contributed by atoms with Crippen LogP contribution in [-0.2, 0) is 10.8 Å². The first-order valence-electron chi connectivity index (χ1n) is 5.74. The largest absolute Gasteiger partial charge is 0.361 e. The molecule has 2 atom stereocenters. The highest BCUT2D eigenvalue weighted by atomic mass is 32.2. The molecule has 0 aliphatic carbocycles. The molecule has 0 spiro atoms. The lowest BCUT2D eigenvalue weighted by Gasteiger charge is -2.12. The van der Waals surface area contributed by atoms with Gasteiger partial charge in [-0.15, -0.1) is 0 Å². The third-order valence-electron chi connectivity index (χ3n) is 2.68. The van der Waals surface area contributed by atoms with E-state index in [1.54, 1.807) is 12.3 Å². The number of H-pyrrole nitrogens is 1. The van der Waals surface area contributed by atoms with E-state index >= 15 is 0 Å². The summed E-state index contributed by atoms with van der Waals surface area (Å²) in [5.41, 5.74) is 1.63. The van der Waals surface area contributed by atoms with E-state index in [1.807, 2.05) is 31.3 Å². The van der Waals surface area contributed by atoms with Gasteiger partial charge in [0.2, 0.25) is 0 Å². The second kappa shape index (κ2) is 5.35. The summed E-state index contributed by atoms with van der Waals surface area (Å²) < 4.78 is 11.1. The molecule has 5 heteroatoms. The first kappa shape index (κ1) is 12.8. The molecule has 4 nitrogen and oxygen atoms in total. The van der Waals surface area contributed by atoms with Crippen molar-refractivity contribution in [3.8, 4) is 0 Å². The van der Waals surface area contributed by atoms with Crippen molar-refractivity contribution in [3.05, 3.63) is 36.0 Å². The normalized spacial score (nSPS) is 14.3. The number of amides is 1. The molecule has 1 heterocycles. The molecule has 0 bridgehead atoms. The Morgan fingerprint density at radius 1 is 1.44 bits per heavy atom. The van der Waals surface area contributed by atoms with Gasteiger partial charge in [0.1, 0.15) is 0 Å². The number of rotatable bonds is 4. The Morgan fingerprint density at radius 3 is 2.94 bits per heavy atom. The number of benzene rings is 1. The van der Waals surface area contributed by atoms with Gasteiger partial charge in [0.15, 0.2) is 0 Å². The highest BCUT2D eigenvalue weighted by Crippen LogP contribution is 2.14. The van der Waals surface area contributed by atoms with Gasteiger partial charge in [-0.05, 0) is 31.2 Å². The summed E-state index contributed by atoms with van der Waals surface area (Å²) in [6.45, 7) is 1.86. The van der Waals surface area contributed by atoms with E-state index < -0.39 is 10.8 Å². The van der Waals surface area contributed by atoms with Crippen LogP contribution in [0.5, 0.6) is 0 Å². The maximum absolute atomic E-state index is 12.0. The zero-order valence-electron chi connectivity index (χ0n) is 10.4. The standard InChI is InChI=1S/C13H16N2O2S/c1-9(8-18(2)17)15-13(16)11-3-4-12-10(7-11)5-6-14-12/h3-7,9,14H,8H2,1-2H3,(H,15,16). The molecule has 96 valence electrons. The highest BCUT2D eigenvalue weighted by Gasteiger charge is 2.11. The molecule has 2 N–H and O–H groups in total. The Kier molecular flexibility index (Phi) is 3.81. The zero-order chi connectivity index (χ0) is 13.1. The first-order valence-corrected chi connectivity index (χ1v) is 7.47. The number of carbonyl (C=O) groups is 1. The lowest BCUT2D eigenvalue weighted by molar-refractivity contribution is 0.0944. The van der Waals surface area contributed by atoms with E-state index in [1.165, 1.54) is 0 Å². The van der Waals surface area contributed by atoms with E-state index in [-0.39, 0.29) is 11.9 Å². The van der Waals surface area contributed by atoms with Gasteiger partial charge in [-0.2, -0.15) is 0 Å². The van der Waals surface area contributed by atoms with Gasteiger partial charge in [0.05, 0.1) is 0 Å². The molecule has 2 aromatic rings. The molecule has 0 aliphatic heterocycles. The van der Waals surface area contributed by atoms with Crippen LogP contribution < -0.4 is 5.32 Å². The van der Waals surface area contributed by atoms with Crippen molar-refractivity contribution in [2.75, 3.05) is 12.0 Å². The fourth-order valence-corrected chi connectivity index (χ4v) is 2.68. The van der Waals surface area contributed by atoms with Gasteiger partial charge >= 0.3 is 0 Å². The summed E-state index contributed by atoms with van der Waals surface area (Å²) in [5.74, 6) is 0.342. The minimum absolute atomic E-state index is 0.0924. The van der Waals surface area contributed by atoms with E-state index in [0.29, 0.717) is 11.3 Å². The second-order valence-corrected chi connectivity index (χ2v) is 5.87. The van der Waals surface area contributed by atoms with Crippen LogP contribution in [0.25, 0.3) is 10.9 Å². The molecule has 1 aromatic heterocycles. The minimum Gasteiger partial charge on any atom is -0.361 e. The van der Waals surface area contributed by atoms with Crippen LogP contribution in [0.2, 0.25) is 0 Å². The van der Waals surface area contributed by atoms with E-state index in [4.69, 9.17) is 0 Å². The van der Waals surface area contributed by atoms with Crippen molar-refractivity contribution in [3.63, 3.8) is 0 Å². The Morgan fingerprint density at radius 2 is 2.22 bits per heavy atom. The molecule has 2 rings (SSSR count). The predicted molar refractivity (Wildman–Crippen MR) is 74.2 cm³/mol. The quantitative estimate of drug-likeness (QED) is 0.882. The van der Waals surface area contributed by atoms with Crippen LogP contribution in [0.4, 0.5) is 0 Å². The van der Waals surface area contributed by atoms with Gasteiger partial charge in [-0.25, -0.2) is 0 Å². The van der Waals surface area contributed by atoms with Crippen molar-refractivity contribution < 1.29 is 9.00 Å². The van der Waals surface area contributed by atoms with Crippen LogP contribution in [-0.4, -0.2) is 33.2 Å². The molecule has 18 heavy (non-hydrogen) atoms. The Hall–Kier alpha value is -1.62. The van der Waals surface area contributed by atoms with Gasteiger partial charge < -0.3 is 10.3 Å². The number of aromatic amines is 1. The lowest BCUT2D eigenvalue weighted by Crippen LogP contribution is -2.36. The summed E-state index contributed by atoms with van der Waals surface area (Å²) in [4.78, 5) is 15.1. The molecule has 1 amide bonds. The van der Waals surface area contributed by atoms with Crippen LogP contribution in [0.15, 0.2) is 30.5 Å². The fourth-order valence-electron chi connectivity index (χ4n) is 1.90. The zero-order valence-corrected chi connectivity index (χ0v) is 11.2. The Labute approximate surface area is 108 Å². The molecule has 0 saturated heterocycles. The molecular formula is C13H16N2O2S. The molecule has 2 unspecified atom stereocenters. The maximum atomic E-state index is 12.0. The number of aromatic nitrogens is 1. The first-order chi connectivity index (χ1) is 8.56. The van der Waals surface area contributed by atoms with Crippen molar-refractivity contribution in [1.29, 1.82) is 0 Å². The van der Waals surface area contributed by atoms with Gasteiger partial charge in [0, 0.05) is 51.5 Å². The Balaban J connectivity index is 2.10. The van der Waals surface area contributed by atoms with Crippen molar-refractivity contribution in [2.45, 2.75) is 13.0 Å². The van der Waals surface area contributed by atoms with Crippen LogP contribution >= 0.6 is 0 Å². The molecule has 0 aliphatic rings. The third kappa shape index (κ3) is 2.98. The van der Waals surface area contributed by atoms with Crippen molar-refractivity contribution >= 4 is 27.6 Å². The number of hydrogen-bond donors (Lipinski definition) is 2. The number of nitrogens with one attached hydrogen (secondary N) is 2. The third-order valence-corrected chi connectivity index (χ3v) is 3.65. The van der Waals surface area contributed by atoms with Gasteiger partial charge in [-0.3, -0.25) is 9.00 Å². The molecule has 1 aromatic carbocycles. The van der Waals surface area contributed by atoms with Crippen molar-refractivity contribution in [1.82, 2.24) is 10.3 Å². The van der Waals surface area contributed by atoms with Gasteiger partial charge in [-0.1, -0.05) is 0 Å². The maximum Gasteiger partial charge on any atom is 0.251 e. The van der Waals surface area contributed by atoms with Gasteiger partial charge in [0.25, 0.3) is 5.91 Å². The summed E-state index contributed by atoms with van der Waals surface area (Å²) in [6.07, 6.45) is 3.48. The average molecular weight is 264 g/mol. The molecule has 0 saturated carbocycles. The monoisotopic (exact) mass is 264 g/mol. The summed E-state index contributed by atoms with van der Waals surface area (Å²) in [5, 5.41) is 3.85. The van der Waals surface area contributed by atoms with E-state index in [2.05, 4.69) is 10.3 Å². The molecule has 0 radical (unpaired) electrons. The number of fused-ring (bicyclic) bond motifs is 1. The minimum atomic E-state index is -0.904. The topological polar surface area (TPSA) is 62.0 Å². The van der Waals surface area contributed by atoms with Crippen LogP contribution in [0.1, 0.15) is 17.3 Å². The SMILES string of the molecule is CC(CS(C)=O)NC(=O)c1ccc2[nH]ccc2c1. The van der Waals surface area contributed by atoms with Crippen molar-refractivity contribution in [2.24, 2.45) is 0 Å². The average Bonchev–Trinajstić information content (AvgIpc) is 2.74. The Bertz CT molecular complexity index is 591. The summed E-state index contributed by atoms with van der Waals surface area (Å²) in [7, 11) is -0.904. The summed E-state index contributed by atoms with van der Waals surface area (Å²) >= 11 is 0. The van der Waals surface area contributed by atoms with Crippen LogP contribution in [0.3, 0.4) is 0 Å². The van der Waals surface area contributed by atoms with Crippen LogP contribution in [0, 0.1) is 0 Å². The molecular weight excluding hydrogens is 248 g/mol. The highest BCUT2D eigenvalue weighted by molar-refractivity contribution is 7.84. The smallest absolute Gasteiger partial charge is 0.251 e. The van der Waals surface area contributed by atoms with E-state index in [9.17, 15) is 9.00 Å². The summed E-state index contributed by atoms with van der Waals surface area (Å²) in [6, 6.07) is 7.34. The number of hydrogen-bond acceptors (Lipinski definition) is 2.